The zero-order valence-electron chi connectivity index (χ0n) is 13.5. The molecule has 1 aromatic carbocycles. The van der Waals surface area contributed by atoms with E-state index in [-0.39, 0.29) is 28.5 Å². The summed E-state index contributed by atoms with van der Waals surface area (Å²) in [4.78, 5) is 26.1. The van der Waals surface area contributed by atoms with Gasteiger partial charge in [0.15, 0.2) is 4.77 Å². The van der Waals surface area contributed by atoms with Crippen LogP contribution < -0.4 is 11.0 Å². The number of benzene rings is 1. The summed E-state index contributed by atoms with van der Waals surface area (Å²) >= 11 is 4.99. The molecule has 0 fully saturated rings. The molecule has 2 rings (SSSR count). The molecule has 2 aromatic rings. The number of aromatic amines is 1. The fraction of sp³-hybridized carbons (Fsp3) is 0.250. The van der Waals surface area contributed by atoms with Crippen molar-refractivity contribution in [3.63, 3.8) is 0 Å². The Bertz CT molecular complexity index is 903. The van der Waals surface area contributed by atoms with Crippen molar-refractivity contribution in [1.82, 2.24) is 15.0 Å². The van der Waals surface area contributed by atoms with Crippen LogP contribution in [0.5, 0.6) is 5.88 Å². The Morgan fingerprint density at radius 2 is 2.12 bits per heavy atom. The van der Waals surface area contributed by atoms with E-state index in [2.05, 4.69) is 15.5 Å². The predicted octanol–water partition coefficient (Wildman–Crippen LogP) is 1.85. The first kappa shape index (κ1) is 18.5. The van der Waals surface area contributed by atoms with Gasteiger partial charge in [-0.3, -0.25) is 19.1 Å². The van der Waals surface area contributed by atoms with Gasteiger partial charge in [-0.25, -0.2) is 9.82 Å². The van der Waals surface area contributed by atoms with Crippen molar-refractivity contribution in [3.8, 4) is 5.88 Å². The van der Waals surface area contributed by atoms with Crippen molar-refractivity contribution in [3.05, 3.63) is 56.3 Å². The molecule has 0 saturated heterocycles. The number of carbonyl (C=O) groups excluding carboxylic acids is 1. The average Bonchev–Trinajstić information content (AvgIpc) is 2.56. The highest BCUT2D eigenvalue weighted by Crippen LogP contribution is 2.11. The third-order valence-electron chi connectivity index (χ3n) is 3.31. The SMILES string of the molecule is CCCn1c(O)c(/C=N\NC(=O)Cc2ccc(F)cc2)c(=O)[nH]c1=S. The Kier molecular flexibility index (Phi) is 6.18. The van der Waals surface area contributed by atoms with E-state index in [1.54, 1.807) is 0 Å². The van der Waals surface area contributed by atoms with Crippen molar-refractivity contribution in [1.29, 1.82) is 0 Å². The number of aromatic hydroxyl groups is 1. The van der Waals surface area contributed by atoms with Crippen molar-refractivity contribution < 1.29 is 14.3 Å². The van der Waals surface area contributed by atoms with Crippen LogP contribution in [0.3, 0.4) is 0 Å². The second kappa shape index (κ2) is 8.34. The molecule has 0 spiro atoms. The second-order valence-electron chi connectivity index (χ2n) is 5.24. The highest BCUT2D eigenvalue weighted by Gasteiger charge is 2.10. The first-order valence-electron chi connectivity index (χ1n) is 7.54. The molecule has 25 heavy (non-hydrogen) atoms. The van der Waals surface area contributed by atoms with Crippen molar-refractivity contribution in [2.75, 3.05) is 0 Å². The quantitative estimate of drug-likeness (QED) is 0.414. The molecule has 1 heterocycles. The summed E-state index contributed by atoms with van der Waals surface area (Å²) in [5, 5.41) is 13.8. The zero-order valence-corrected chi connectivity index (χ0v) is 14.3. The van der Waals surface area contributed by atoms with Crippen LogP contribution in [0, 0.1) is 10.6 Å². The zero-order chi connectivity index (χ0) is 18.4. The molecular weight excluding hydrogens is 347 g/mol. The number of aromatic nitrogens is 2. The Hall–Kier alpha value is -2.81. The summed E-state index contributed by atoms with van der Waals surface area (Å²) in [5.41, 5.74) is 2.16. The Labute approximate surface area is 147 Å². The molecule has 3 N–H and O–H groups in total. The van der Waals surface area contributed by atoms with Gasteiger partial charge >= 0.3 is 0 Å². The van der Waals surface area contributed by atoms with Crippen LogP contribution in [0.25, 0.3) is 0 Å². The maximum absolute atomic E-state index is 12.8. The largest absolute Gasteiger partial charge is 0.494 e. The smallest absolute Gasteiger partial charge is 0.264 e. The minimum absolute atomic E-state index is 0.000885. The highest BCUT2D eigenvalue weighted by molar-refractivity contribution is 7.71. The molecule has 0 aliphatic carbocycles. The van der Waals surface area contributed by atoms with Crippen LogP contribution in [0.2, 0.25) is 0 Å². The van der Waals surface area contributed by atoms with Gasteiger partial charge in [0.1, 0.15) is 11.4 Å². The Morgan fingerprint density at radius 1 is 1.44 bits per heavy atom. The topological polar surface area (TPSA) is 99.5 Å². The maximum atomic E-state index is 12.8. The fourth-order valence-corrected chi connectivity index (χ4v) is 2.39. The number of nitrogens with zero attached hydrogens (tertiary/aromatic N) is 2. The monoisotopic (exact) mass is 364 g/mol. The minimum atomic E-state index is -0.605. The molecule has 9 heteroatoms. The summed E-state index contributed by atoms with van der Waals surface area (Å²) in [6, 6.07) is 5.49. The normalized spacial score (nSPS) is 11.0. The maximum Gasteiger partial charge on any atom is 0.264 e. The molecule has 0 bridgehead atoms. The molecule has 0 radical (unpaired) electrons. The number of halogens is 1. The molecule has 0 saturated carbocycles. The molecule has 1 amide bonds. The van der Waals surface area contributed by atoms with Gasteiger partial charge in [-0.1, -0.05) is 19.1 Å². The van der Waals surface area contributed by atoms with E-state index in [0.29, 0.717) is 18.5 Å². The van der Waals surface area contributed by atoms with E-state index in [1.165, 1.54) is 28.8 Å². The van der Waals surface area contributed by atoms with Crippen molar-refractivity contribution >= 4 is 24.3 Å². The lowest BCUT2D eigenvalue weighted by molar-refractivity contribution is -0.120. The third kappa shape index (κ3) is 4.83. The highest BCUT2D eigenvalue weighted by atomic mass is 32.1. The van der Waals surface area contributed by atoms with E-state index in [0.717, 1.165) is 6.21 Å². The van der Waals surface area contributed by atoms with Crippen molar-refractivity contribution in [2.45, 2.75) is 26.3 Å². The number of hydrogen-bond donors (Lipinski definition) is 3. The van der Waals surface area contributed by atoms with E-state index in [9.17, 15) is 19.1 Å². The standard InChI is InChI=1S/C16H17FN4O3S/c1-2-7-21-15(24)12(14(23)19-16(21)25)9-18-20-13(22)8-10-3-5-11(17)6-4-10/h3-6,9,24H,2,7-8H2,1H3,(H,20,22)(H,19,23,25)/b18-9-. The van der Waals surface area contributed by atoms with Crippen LogP contribution in [0.1, 0.15) is 24.5 Å². The first-order chi connectivity index (χ1) is 11.9. The summed E-state index contributed by atoms with van der Waals surface area (Å²) in [6.45, 7) is 2.33. The molecule has 0 aliphatic heterocycles. The van der Waals surface area contributed by atoms with Crippen LogP contribution in [0.4, 0.5) is 4.39 Å². The van der Waals surface area contributed by atoms with Crippen LogP contribution in [-0.4, -0.2) is 26.8 Å². The van der Waals surface area contributed by atoms with Gasteiger partial charge in [0.2, 0.25) is 11.8 Å². The molecule has 1 aromatic heterocycles. The molecule has 0 atom stereocenters. The number of rotatable bonds is 6. The van der Waals surface area contributed by atoms with Gasteiger partial charge in [0.25, 0.3) is 5.56 Å². The number of H-pyrrole nitrogens is 1. The molecule has 132 valence electrons. The van der Waals surface area contributed by atoms with Crippen LogP contribution in [-0.2, 0) is 17.8 Å². The van der Waals surface area contributed by atoms with Gasteiger partial charge in [-0.2, -0.15) is 5.10 Å². The molecule has 7 nitrogen and oxygen atoms in total. The third-order valence-corrected chi connectivity index (χ3v) is 3.64. The predicted molar refractivity (Wildman–Crippen MR) is 93.7 cm³/mol. The Morgan fingerprint density at radius 3 is 2.76 bits per heavy atom. The van der Waals surface area contributed by atoms with Gasteiger partial charge in [0.05, 0.1) is 12.6 Å². The van der Waals surface area contributed by atoms with Crippen LogP contribution >= 0.6 is 12.2 Å². The molecular formula is C16H17FN4O3S. The van der Waals surface area contributed by atoms with Crippen LogP contribution in [0.15, 0.2) is 34.2 Å². The number of hydrogen-bond acceptors (Lipinski definition) is 5. The lowest BCUT2D eigenvalue weighted by atomic mass is 10.1. The fourth-order valence-electron chi connectivity index (χ4n) is 2.12. The van der Waals surface area contributed by atoms with E-state index in [4.69, 9.17) is 12.2 Å². The second-order valence-corrected chi connectivity index (χ2v) is 5.63. The summed E-state index contributed by atoms with van der Waals surface area (Å²) < 4.78 is 14.3. The molecule has 0 unspecified atom stereocenters. The summed E-state index contributed by atoms with van der Waals surface area (Å²) in [6.07, 6.45) is 1.76. The van der Waals surface area contributed by atoms with Gasteiger partial charge in [-0.15, -0.1) is 0 Å². The summed E-state index contributed by atoms with van der Waals surface area (Å²) in [5.74, 6) is -1.14. The number of carbonyl (C=O) groups is 1. The van der Waals surface area contributed by atoms with Crippen molar-refractivity contribution in [2.24, 2.45) is 5.10 Å². The minimum Gasteiger partial charge on any atom is -0.494 e. The molecule has 0 aliphatic rings. The van der Waals surface area contributed by atoms with Gasteiger partial charge in [0, 0.05) is 6.54 Å². The van der Waals surface area contributed by atoms with Gasteiger partial charge < -0.3 is 5.11 Å². The number of amides is 1. The number of nitrogens with one attached hydrogen (secondary N) is 2. The van der Waals surface area contributed by atoms with E-state index >= 15 is 0 Å². The number of hydrazone groups is 1. The van der Waals surface area contributed by atoms with E-state index < -0.39 is 11.5 Å². The Balaban J connectivity index is 2.10. The lowest BCUT2D eigenvalue weighted by Crippen LogP contribution is -2.22. The summed E-state index contributed by atoms with van der Waals surface area (Å²) in [7, 11) is 0. The average molecular weight is 364 g/mol. The van der Waals surface area contributed by atoms with Gasteiger partial charge in [-0.05, 0) is 36.3 Å². The lowest BCUT2D eigenvalue weighted by Gasteiger charge is -2.09. The first-order valence-corrected chi connectivity index (χ1v) is 7.95. The van der Waals surface area contributed by atoms with E-state index in [1.807, 2.05) is 6.92 Å².